The Balaban J connectivity index is 1.88. The van der Waals surface area contributed by atoms with Crippen LogP contribution in [0.4, 0.5) is 26.3 Å². The largest absolute Gasteiger partial charge is 0.474 e. The van der Waals surface area contributed by atoms with Gasteiger partial charge in [0.1, 0.15) is 17.4 Å². The van der Waals surface area contributed by atoms with Gasteiger partial charge in [0.15, 0.2) is 0 Å². The number of aliphatic hydroxyl groups is 1. The summed E-state index contributed by atoms with van der Waals surface area (Å²) in [7, 11) is 0. The fourth-order valence-electron chi connectivity index (χ4n) is 3.92. The Hall–Kier alpha value is -3.45. The summed E-state index contributed by atoms with van der Waals surface area (Å²) in [6.07, 6.45) is -8.40. The average Bonchev–Trinajstić information content (AvgIpc) is 3.34. The molecule has 0 unspecified atom stereocenters. The number of benzene rings is 1. The van der Waals surface area contributed by atoms with Gasteiger partial charge in [0.25, 0.3) is 11.8 Å². The molecule has 1 aliphatic heterocycles. The Kier molecular flexibility index (Phi) is 7.79. The molecule has 1 aliphatic rings. The van der Waals surface area contributed by atoms with Gasteiger partial charge in [-0.05, 0) is 31.4 Å². The lowest BCUT2D eigenvalue weighted by molar-refractivity contribution is -0.299. The Morgan fingerprint density at radius 2 is 1.82 bits per heavy atom. The molecule has 0 saturated carbocycles. The van der Waals surface area contributed by atoms with Crippen LogP contribution in [0.2, 0.25) is 0 Å². The predicted octanol–water partition coefficient (Wildman–Crippen LogP) is 6.12. The highest BCUT2D eigenvalue weighted by molar-refractivity contribution is 5.56. The molecule has 1 aromatic carbocycles. The standard InChI is InChI=1S/C25H23F6N3O4/c1-15-8-4-3-7-11-23(25(29,30)31,36-14-16-9-5-2-6-10-16)22-34-33-21(38-22)19-17(13-35)12-18(24(26,27)28)20(32-19)37-15/h2-6,9-10,12,15,35H,7-8,11,13-14H2,1H3/b4-3-/t15-,23-/m1/s1. The van der Waals surface area contributed by atoms with Gasteiger partial charge in [-0.25, -0.2) is 4.98 Å². The highest BCUT2D eigenvalue weighted by Crippen LogP contribution is 2.47. The maximum absolute atomic E-state index is 14.7. The summed E-state index contributed by atoms with van der Waals surface area (Å²) in [5, 5.41) is 17.0. The normalized spacial score (nSPS) is 21.4. The zero-order chi connectivity index (χ0) is 27.6. The monoisotopic (exact) mass is 543 g/mol. The van der Waals surface area contributed by atoms with Crippen LogP contribution in [-0.4, -0.2) is 32.6 Å². The number of pyridine rings is 1. The third-order valence-corrected chi connectivity index (χ3v) is 5.91. The number of aromatic nitrogens is 3. The van der Waals surface area contributed by atoms with Gasteiger partial charge in [-0.1, -0.05) is 42.5 Å². The Morgan fingerprint density at radius 1 is 1.08 bits per heavy atom. The molecule has 0 amide bonds. The summed E-state index contributed by atoms with van der Waals surface area (Å²) in [6, 6.07) is 8.78. The minimum atomic E-state index is -5.01. The molecule has 38 heavy (non-hydrogen) atoms. The van der Waals surface area contributed by atoms with E-state index in [1.807, 2.05) is 0 Å². The second kappa shape index (κ2) is 10.7. The molecule has 0 spiro atoms. The summed E-state index contributed by atoms with van der Waals surface area (Å²) < 4.78 is 101. The SMILES string of the molecule is C[C@@H]1C/C=C\CC[C@](OCc2ccccc2)(C(F)(F)F)c2nnc(o2)-c2nc(c(C(F)(F)F)cc2CO)O1. The van der Waals surface area contributed by atoms with Crippen LogP contribution < -0.4 is 4.74 Å². The molecular formula is C25H23F6N3O4. The van der Waals surface area contributed by atoms with Crippen molar-refractivity contribution < 1.29 is 45.3 Å². The van der Waals surface area contributed by atoms with Gasteiger partial charge in [-0.2, -0.15) is 26.3 Å². The third-order valence-electron chi connectivity index (χ3n) is 5.91. The molecule has 7 nitrogen and oxygen atoms in total. The summed E-state index contributed by atoms with van der Waals surface area (Å²) >= 11 is 0. The molecule has 3 aromatic rings. The third kappa shape index (κ3) is 5.68. The van der Waals surface area contributed by atoms with Crippen molar-refractivity contribution >= 4 is 0 Å². The molecular weight excluding hydrogens is 520 g/mol. The van der Waals surface area contributed by atoms with E-state index in [0.717, 1.165) is 0 Å². The fourth-order valence-corrected chi connectivity index (χ4v) is 3.92. The smallest absolute Gasteiger partial charge is 0.426 e. The second-order valence-corrected chi connectivity index (χ2v) is 8.69. The van der Waals surface area contributed by atoms with Gasteiger partial charge < -0.3 is 19.0 Å². The van der Waals surface area contributed by atoms with Gasteiger partial charge in [-0.15, -0.1) is 10.2 Å². The van der Waals surface area contributed by atoms with Crippen molar-refractivity contribution in [1.82, 2.24) is 15.2 Å². The van der Waals surface area contributed by atoms with Crippen molar-refractivity contribution in [3.8, 4) is 17.5 Å². The first-order chi connectivity index (χ1) is 17.9. The van der Waals surface area contributed by atoms with Crippen molar-refractivity contribution in [2.75, 3.05) is 0 Å². The summed E-state index contributed by atoms with van der Waals surface area (Å²) in [5.41, 5.74) is -4.65. The van der Waals surface area contributed by atoms with Crippen LogP contribution in [0.1, 0.15) is 48.8 Å². The highest BCUT2D eigenvalue weighted by atomic mass is 19.4. The quantitative estimate of drug-likeness (QED) is 0.313. The van der Waals surface area contributed by atoms with E-state index in [4.69, 9.17) is 13.9 Å². The van der Waals surface area contributed by atoms with Crippen LogP contribution in [0, 0.1) is 0 Å². The molecule has 0 fully saturated rings. The van der Waals surface area contributed by atoms with E-state index in [-0.39, 0.29) is 18.4 Å². The van der Waals surface area contributed by atoms with Gasteiger partial charge >= 0.3 is 12.4 Å². The maximum atomic E-state index is 14.7. The summed E-state index contributed by atoms with van der Waals surface area (Å²) in [4.78, 5) is 3.85. The zero-order valence-electron chi connectivity index (χ0n) is 20.0. The number of fused-ring (bicyclic) bond motifs is 5. The van der Waals surface area contributed by atoms with Crippen LogP contribution in [0.25, 0.3) is 11.6 Å². The van der Waals surface area contributed by atoms with Crippen molar-refractivity contribution in [3.05, 3.63) is 71.1 Å². The summed E-state index contributed by atoms with van der Waals surface area (Å²) in [6.45, 7) is 0.124. The highest BCUT2D eigenvalue weighted by Gasteiger charge is 2.61. The van der Waals surface area contributed by atoms with Gasteiger partial charge in [-0.3, -0.25) is 0 Å². The van der Waals surface area contributed by atoms with E-state index in [2.05, 4.69) is 15.2 Å². The number of ether oxygens (including phenoxy) is 2. The lowest BCUT2D eigenvalue weighted by Gasteiger charge is -2.32. The number of hydrogen-bond acceptors (Lipinski definition) is 7. The van der Waals surface area contributed by atoms with Gasteiger partial charge in [0.2, 0.25) is 11.5 Å². The van der Waals surface area contributed by atoms with E-state index in [1.54, 1.807) is 30.3 Å². The molecule has 1 N–H and O–H groups in total. The number of alkyl halides is 6. The van der Waals surface area contributed by atoms with E-state index in [9.17, 15) is 31.4 Å². The zero-order valence-corrected chi connectivity index (χ0v) is 20.0. The Bertz CT molecular complexity index is 1280. The lowest BCUT2D eigenvalue weighted by atomic mass is 9.95. The van der Waals surface area contributed by atoms with Crippen molar-refractivity contribution in [2.24, 2.45) is 0 Å². The van der Waals surface area contributed by atoms with Crippen molar-refractivity contribution in [2.45, 2.75) is 63.5 Å². The molecule has 2 atom stereocenters. The number of rotatable bonds is 4. The van der Waals surface area contributed by atoms with Gasteiger partial charge in [0, 0.05) is 12.0 Å². The molecule has 0 saturated heterocycles. The molecule has 2 aromatic heterocycles. The van der Waals surface area contributed by atoms with Gasteiger partial charge in [0.05, 0.1) is 13.2 Å². The molecule has 0 aliphatic carbocycles. The molecule has 204 valence electrons. The average molecular weight is 543 g/mol. The van der Waals surface area contributed by atoms with E-state index < -0.39 is 72.6 Å². The minimum absolute atomic E-state index is 0.0956. The van der Waals surface area contributed by atoms with Crippen molar-refractivity contribution in [1.29, 1.82) is 0 Å². The van der Waals surface area contributed by atoms with E-state index >= 15 is 0 Å². The molecule has 3 heterocycles. The number of hydrogen-bond donors (Lipinski definition) is 1. The first kappa shape index (κ1) is 27.6. The van der Waals surface area contributed by atoms with E-state index in [0.29, 0.717) is 11.6 Å². The number of allylic oxidation sites excluding steroid dienone is 1. The topological polar surface area (TPSA) is 90.5 Å². The second-order valence-electron chi connectivity index (χ2n) is 8.69. The van der Waals surface area contributed by atoms with Crippen LogP contribution in [0.3, 0.4) is 0 Å². The molecule has 13 heteroatoms. The molecule has 4 bridgehead atoms. The van der Waals surface area contributed by atoms with Crippen LogP contribution in [0.5, 0.6) is 5.88 Å². The van der Waals surface area contributed by atoms with Crippen LogP contribution in [0.15, 0.2) is 53.0 Å². The first-order valence-electron chi connectivity index (χ1n) is 11.6. The predicted molar refractivity (Wildman–Crippen MR) is 120 cm³/mol. The Labute approximate surface area is 213 Å². The van der Waals surface area contributed by atoms with Crippen molar-refractivity contribution in [3.63, 3.8) is 0 Å². The fraction of sp³-hybridized carbons (Fsp3) is 0.400. The summed E-state index contributed by atoms with van der Waals surface area (Å²) in [5.74, 6) is -2.40. The molecule has 4 rings (SSSR count). The number of halogens is 6. The lowest BCUT2D eigenvalue weighted by Crippen LogP contribution is -2.45. The maximum Gasteiger partial charge on any atom is 0.426 e. The van der Waals surface area contributed by atoms with Crippen LogP contribution in [-0.2, 0) is 29.7 Å². The number of aliphatic hydroxyl groups excluding tert-OH is 1. The number of nitrogens with zero attached hydrogens (tertiary/aromatic N) is 3. The van der Waals surface area contributed by atoms with Crippen LogP contribution >= 0.6 is 0 Å². The molecule has 0 radical (unpaired) electrons. The van der Waals surface area contributed by atoms with E-state index in [1.165, 1.54) is 19.1 Å². The Morgan fingerprint density at radius 3 is 2.47 bits per heavy atom. The minimum Gasteiger partial charge on any atom is -0.474 e. The first-order valence-corrected chi connectivity index (χ1v) is 11.6.